The SMILES string of the molecule is CCOc1ccccc1NC(=O)C(=O)N/N=C\c1cc(I)c(OCC(=O)Nc2ccc(Cl)c(Cl)c2)c(OC)c1. The highest BCUT2D eigenvalue weighted by molar-refractivity contribution is 14.1. The molecule has 0 atom stereocenters. The summed E-state index contributed by atoms with van der Waals surface area (Å²) in [5, 5.41) is 9.69. The van der Waals surface area contributed by atoms with E-state index in [9.17, 15) is 14.4 Å². The van der Waals surface area contributed by atoms with Crippen molar-refractivity contribution in [3.05, 3.63) is 73.8 Å². The Hall–Kier alpha value is -3.55. The summed E-state index contributed by atoms with van der Waals surface area (Å²) in [4.78, 5) is 36.8. The van der Waals surface area contributed by atoms with Crippen LogP contribution in [-0.2, 0) is 14.4 Å². The van der Waals surface area contributed by atoms with E-state index in [1.807, 2.05) is 29.5 Å². The molecule has 0 aromatic heterocycles. The van der Waals surface area contributed by atoms with Gasteiger partial charge < -0.3 is 24.8 Å². The minimum Gasteiger partial charge on any atom is -0.493 e. The summed E-state index contributed by atoms with van der Waals surface area (Å²) in [5.41, 5.74) is 3.56. The maximum atomic E-state index is 12.3. The van der Waals surface area contributed by atoms with Crippen LogP contribution in [0.1, 0.15) is 12.5 Å². The summed E-state index contributed by atoms with van der Waals surface area (Å²) in [6, 6.07) is 14.8. The number of para-hydroxylation sites is 2. The second-order valence-corrected chi connectivity index (χ2v) is 9.56. The molecule has 0 unspecified atom stereocenters. The maximum absolute atomic E-state index is 12.3. The minimum atomic E-state index is -0.966. The van der Waals surface area contributed by atoms with Gasteiger partial charge in [0.2, 0.25) is 0 Å². The monoisotopic (exact) mass is 684 g/mol. The third kappa shape index (κ3) is 8.73. The predicted molar refractivity (Wildman–Crippen MR) is 158 cm³/mol. The first-order valence-electron chi connectivity index (χ1n) is 11.3. The largest absolute Gasteiger partial charge is 0.493 e. The number of halogens is 3. The molecule has 3 amide bonds. The van der Waals surface area contributed by atoms with Gasteiger partial charge in [-0.3, -0.25) is 14.4 Å². The number of hydrogen-bond acceptors (Lipinski definition) is 7. The number of carbonyl (C=O) groups excluding carboxylic acids is 3. The molecule has 13 heteroatoms. The molecule has 39 heavy (non-hydrogen) atoms. The number of amides is 3. The summed E-state index contributed by atoms with van der Waals surface area (Å²) in [7, 11) is 1.45. The van der Waals surface area contributed by atoms with Crippen LogP contribution in [0.4, 0.5) is 11.4 Å². The number of ether oxygens (including phenoxy) is 3. The molecule has 204 valence electrons. The number of methoxy groups -OCH3 is 1. The number of nitrogens with one attached hydrogen (secondary N) is 3. The fourth-order valence-electron chi connectivity index (χ4n) is 3.11. The Balaban J connectivity index is 1.59. The Labute approximate surface area is 248 Å². The van der Waals surface area contributed by atoms with Crippen molar-refractivity contribution in [1.82, 2.24) is 5.43 Å². The second kappa shape index (κ2) is 14.6. The fourth-order valence-corrected chi connectivity index (χ4v) is 4.19. The average Bonchev–Trinajstić information content (AvgIpc) is 2.91. The molecule has 3 aromatic carbocycles. The molecular formula is C26H23Cl2IN4O6. The van der Waals surface area contributed by atoms with Crippen molar-refractivity contribution in [2.24, 2.45) is 5.10 Å². The van der Waals surface area contributed by atoms with Crippen molar-refractivity contribution in [3.63, 3.8) is 0 Å². The Bertz CT molecular complexity index is 1400. The van der Waals surface area contributed by atoms with Crippen LogP contribution in [0.15, 0.2) is 59.7 Å². The number of hydrazone groups is 1. The van der Waals surface area contributed by atoms with Gasteiger partial charge in [0.1, 0.15) is 5.75 Å². The standard InChI is InChI=1S/C26H23Cl2IN4O6/c1-3-38-21-7-5-4-6-20(21)32-25(35)26(36)33-30-13-15-10-19(29)24(22(11-15)37-2)39-14-23(34)31-16-8-9-17(27)18(28)12-16/h4-13H,3,14H2,1-2H3,(H,31,34)(H,32,35)(H,33,36)/b30-13-. The lowest BCUT2D eigenvalue weighted by molar-refractivity contribution is -0.136. The number of nitrogens with zero attached hydrogens (tertiary/aromatic N) is 1. The normalized spacial score (nSPS) is 10.6. The lowest BCUT2D eigenvalue weighted by Crippen LogP contribution is -2.32. The number of rotatable bonds is 10. The number of hydrogen-bond donors (Lipinski definition) is 3. The van der Waals surface area contributed by atoms with Gasteiger partial charge in [-0.2, -0.15) is 5.10 Å². The number of carbonyl (C=O) groups is 3. The van der Waals surface area contributed by atoms with E-state index >= 15 is 0 Å². The highest BCUT2D eigenvalue weighted by Crippen LogP contribution is 2.33. The molecule has 0 saturated heterocycles. The third-order valence-corrected chi connectivity index (χ3v) is 6.36. The summed E-state index contributed by atoms with van der Waals surface area (Å²) in [6.45, 7) is 1.92. The first kappa shape index (κ1) is 30.0. The van der Waals surface area contributed by atoms with E-state index < -0.39 is 17.7 Å². The fraction of sp³-hybridized carbons (Fsp3) is 0.154. The minimum absolute atomic E-state index is 0.294. The Kier molecular flexibility index (Phi) is 11.2. The van der Waals surface area contributed by atoms with Gasteiger partial charge in [-0.05, 0) is 77.5 Å². The van der Waals surface area contributed by atoms with Gasteiger partial charge in [0.15, 0.2) is 18.1 Å². The zero-order chi connectivity index (χ0) is 28.4. The molecule has 0 fully saturated rings. The first-order chi connectivity index (χ1) is 18.7. The molecule has 0 aliphatic carbocycles. The van der Waals surface area contributed by atoms with E-state index in [0.717, 1.165) is 0 Å². The zero-order valence-electron chi connectivity index (χ0n) is 20.7. The van der Waals surface area contributed by atoms with Gasteiger partial charge in [0.25, 0.3) is 5.91 Å². The quantitative estimate of drug-likeness (QED) is 0.118. The molecular weight excluding hydrogens is 662 g/mol. The molecule has 0 saturated carbocycles. The van der Waals surface area contributed by atoms with Gasteiger partial charge in [-0.15, -0.1) is 0 Å². The molecule has 0 bridgehead atoms. The van der Waals surface area contributed by atoms with Gasteiger partial charge in [0.05, 0.1) is 39.2 Å². The lowest BCUT2D eigenvalue weighted by Gasteiger charge is -2.13. The van der Waals surface area contributed by atoms with Crippen molar-refractivity contribution in [3.8, 4) is 17.2 Å². The van der Waals surface area contributed by atoms with E-state index in [1.54, 1.807) is 48.5 Å². The highest BCUT2D eigenvalue weighted by Gasteiger charge is 2.16. The lowest BCUT2D eigenvalue weighted by atomic mass is 10.2. The Morgan fingerprint density at radius 3 is 2.44 bits per heavy atom. The average molecular weight is 685 g/mol. The van der Waals surface area contributed by atoms with Crippen molar-refractivity contribution < 1.29 is 28.6 Å². The van der Waals surface area contributed by atoms with Gasteiger partial charge in [0, 0.05) is 5.69 Å². The van der Waals surface area contributed by atoms with Crippen LogP contribution in [-0.4, -0.2) is 44.3 Å². The maximum Gasteiger partial charge on any atom is 0.329 e. The number of benzene rings is 3. The molecule has 0 spiro atoms. The van der Waals surface area contributed by atoms with Gasteiger partial charge in [-0.1, -0.05) is 35.3 Å². The summed E-state index contributed by atoms with van der Waals surface area (Å²) < 4.78 is 17.1. The van der Waals surface area contributed by atoms with Crippen molar-refractivity contribution in [2.75, 3.05) is 31.0 Å². The van der Waals surface area contributed by atoms with Crippen molar-refractivity contribution in [1.29, 1.82) is 0 Å². The summed E-state index contributed by atoms with van der Waals surface area (Å²) in [5.74, 6) is -1.16. The number of anilines is 2. The van der Waals surface area contributed by atoms with Crippen LogP contribution >= 0.6 is 45.8 Å². The van der Waals surface area contributed by atoms with E-state index in [4.69, 9.17) is 37.4 Å². The molecule has 10 nitrogen and oxygen atoms in total. The van der Waals surface area contributed by atoms with Crippen molar-refractivity contribution >= 4 is 81.1 Å². The first-order valence-corrected chi connectivity index (χ1v) is 13.2. The summed E-state index contributed by atoms with van der Waals surface area (Å²) in [6.07, 6.45) is 1.34. The van der Waals surface area contributed by atoms with Crippen LogP contribution in [0.25, 0.3) is 0 Å². The molecule has 0 radical (unpaired) electrons. The summed E-state index contributed by atoms with van der Waals surface area (Å²) >= 11 is 13.9. The predicted octanol–water partition coefficient (Wildman–Crippen LogP) is 5.11. The van der Waals surface area contributed by atoms with Gasteiger partial charge >= 0.3 is 11.8 Å². The smallest absolute Gasteiger partial charge is 0.329 e. The topological polar surface area (TPSA) is 127 Å². The molecule has 3 aromatic rings. The molecule has 3 rings (SSSR count). The van der Waals surface area contributed by atoms with Crippen LogP contribution in [0.3, 0.4) is 0 Å². The molecule has 0 heterocycles. The van der Waals surface area contributed by atoms with Crippen molar-refractivity contribution in [2.45, 2.75) is 6.92 Å². The Morgan fingerprint density at radius 2 is 1.72 bits per heavy atom. The Morgan fingerprint density at radius 1 is 0.949 bits per heavy atom. The van der Waals surface area contributed by atoms with E-state index in [-0.39, 0.29) is 6.61 Å². The molecule has 0 aliphatic heterocycles. The molecule has 0 aliphatic rings. The van der Waals surface area contributed by atoms with Crippen LogP contribution in [0.2, 0.25) is 10.0 Å². The van der Waals surface area contributed by atoms with Gasteiger partial charge in [-0.25, -0.2) is 5.43 Å². The van der Waals surface area contributed by atoms with E-state index in [1.165, 1.54) is 19.4 Å². The van der Waals surface area contributed by atoms with Crippen LogP contribution in [0, 0.1) is 3.57 Å². The third-order valence-electron chi connectivity index (χ3n) is 4.82. The van der Waals surface area contributed by atoms with Crippen LogP contribution in [0.5, 0.6) is 17.2 Å². The zero-order valence-corrected chi connectivity index (χ0v) is 24.4. The van der Waals surface area contributed by atoms with Crippen LogP contribution < -0.4 is 30.3 Å². The highest BCUT2D eigenvalue weighted by atomic mass is 127. The van der Waals surface area contributed by atoms with E-state index in [2.05, 4.69) is 21.2 Å². The molecule has 3 N–H and O–H groups in total. The van der Waals surface area contributed by atoms with E-state index in [0.29, 0.717) is 54.4 Å². The second-order valence-electron chi connectivity index (χ2n) is 7.58.